The lowest BCUT2D eigenvalue weighted by molar-refractivity contribution is -0.123. The van der Waals surface area contributed by atoms with E-state index >= 15 is 0 Å². The first-order valence-electron chi connectivity index (χ1n) is 8.82. The summed E-state index contributed by atoms with van der Waals surface area (Å²) in [7, 11) is 1.95. The van der Waals surface area contributed by atoms with Gasteiger partial charge in [-0.05, 0) is 49.2 Å². The van der Waals surface area contributed by atoms with Crippen LogP contribution in [-0.4, -0.2) is 60.5 Å². The molecule has 0 aliphatic carbocycles. The van der Waals surface area contributed by atoms with E-state index in [1.54, 1.807) is 28.4 Å². The van der Waals surface area contributed by atoms with Crippen molar-refractivity contribution in [2.45, 2.75) is 12.0 Å². The Bertz CT molecular complexity index is 842. The molecule has 1 spiro atoms. The molecule has 0 radical (unpaired) electrons. The first kappa shape index (κ1) is 17.9. The molecule has 1 N–H and O–H groups in total. The molecule has 2 aliphatic heterocycles. The molecule has 142 valence electrons. The molecule has 4 rings (SSSR count). The predicted octanol–water partition coefficient (Wildman–Crippen LogP) is 2.84. The number of carbonyl (C=O) groups excluding carboxylic acids is 2. The predicted molar refractivity (Wildman–Crippen MR) is 104 cm³/mol. The number of likely N-dealkylation sites (N-methyl/N-ethyl adjacent to an activating group) is 1. The maximum Gasteiger partial charge on any atom is 0.321 e. The van der Waals surface area contributed by atoms with E-state index in [2.05, 4.69) is 10.2 Å². The number of thiophene rings is 1. The summed E-state index contributed by atoms with van der Waals surface area (Å²) >= 11 is 1.57. The minimum atomic E-state index is -0.338. The van der Waals surface area contributed by atoms with Crippen LogP contribution in [0.15, 0.2) is 41.1 Å². The number of likely N-dealkylation sites (tertiary alicyclic amines) is 1. The van der Waals surface area contributed by atoms with Crippen LogP contribution in [-0.2, 0) is 4.79 Å². The van der Waals surface area contributed by atoms with Crippen LogP contribution in [0, 0.1) is 5.82 Å². The molecule has 2 aliphatic rings. The topological polar surface area (TPSA) is 55.9 Å². The monoisotopic (exact) mass is 388 g/mol. The zero-order valence-electron chi connectivity index (χ0n) is 15.0. The number of nitrogens with zero attached hydrogens (tertiary/aromatic N) is 3. The van der Waals surface area contributed by atoms with Crippen LogP contribution in [0.4, 0.5) is 20.6 Å². The highest BCUT2D eigenvalue weighted by molar-refractivity contribution is 7.08. The summed E-state index contributed by atoms with van der Waals surface area (Å²) in [5.74, 6) is -0.258. The molecule has 1 unspecified atom stereocenters. The van der Waals surface area contributed by atoms with E-state index in [9.17, 15) is 14.0 Å². The molecule has 2 aromatic rings. The average molecular weight is 388 g/mol. The largest absolute Gasteiger partial charge is 0.323 e. The molecule has 27 heavy (non-hydrogen) atoms. The molecule has 0 saturated carbocycles. The molecular formula is C19H21FN4O2S. The van der Waals surface area contributed by atoms with Crippen molar-refractivity contribution < 1.29 is 14.0 Å². The van der Waals surface area contributed by atoms with Crippen LogP contribution in [0.25, 0.3) is 0 Å². The number of anilines is 2. The van der Waals surface area contributed by atoms with Crippen molar-refractivity contribution >= 4 is 34.6 Å². The number of amides is 3. The molecule has 1 aromatic heterocycles. The highest BCUT2D eigenvalue weighted by Crippen LogP contribution is 2.34. The van der Waals surface area contributed by atoms with Gasteiger partial charge < -0.3 is 15.1 Å². The number of hydrogen-bond donors (Lipinski definition) is 1. The highest BCUT2D eigenvalue weighted by atomic mass is 32.1. The van der Waals surface area contributed by atoms with Crippen molar-refractivity contribution in [3.05, 3.63) is 46.9 Å². The Kier molecular flexibility index (Phi) is 4.61. The van der Waals surface area contributed by atoms with Crippen molar-refractivity contribution in [1.82, 2.24) is 9.80 Å². The molecule has 6 nitrogen and oxygen atoms in total. The Balaban J connectivity index is 1.47. The number of piperazine rings is 1. The first-order valence-corrected chi connectivity index (χ1v) is 9.76. The van der Waals surface area contributed by atoms with E-state index < -0.39 is 0 Å². The van der Waals surface area contributed by atoms with Crippen LogP contribution < -0.4 is 10.2 Å². The van der Waals surface area contributed by atoms with Gasteiger partial charge in [-0.2, -0.15) is 11.3 Å². The summed E-state index contributed by atoms with van der Waals surface area (Å²) in [5, 5.41) is 6.76. The Morgan fingerprint density at radius 2 is 2.00 bits per heavy atom. The molecule has 3 heterocycles. The van der Waals surface area contributed by atoms with E-state index in [0.29, 0.717) is 31.9 Å². The van der Waals surface area contributed by atoms with Crippen LogP contribution >= 0.6 is 11.3 Å². The molecular weight excluding hydrogens is 367 g/mol. The van der Waals surface area contributed by atoms with Crippen LogP contribution in [0.3, 0.4) is 0 Å². The molecule has 1 aromatic carbocycles. The molecule has 8 heteroatoms. The maximum absolute atomic E-state index is 13.0. The van der Waals surface area contributed by atoms with E-state index in [1.165, 1.54) is 12.1 Å². The molecule has 2 saturated heterocycles. The number of halogens is 1. The molecule has 1 atom stereocenters. The third-order valence-electron chi connectivity index (χ3n) is 5.47. The fourth-order valence-corrected chi connectivity index (χ4v) is 4.45. The van der Waals surface area contributed by atoms with Crippen LogP contribution in [0.1, 0.15) is 6.42 Å². The van der Waals surface area contributed by atoms with Crippen LogP contribution in [0.2, 0.25) is 0 Å². The molecule has 3 amide bonds. The third-order valence-corrected chi connectivity index (χ3v) is 6.14. The van der Waals surface area contributed by atoms with E-state index in [-0.39, 0.29) is 23.3 Å². The minimum absolute atomic E-state index is 0.0794. The Labute approximate surface area is 161 Å². The average Bonchev–Trinajstić information content (AvgIpc) is 3.31. The Hall–Kier alpha value is -2.45. The summed E-state index contributed by atoms with van der Waals surface area (Å²) < 4.78 is 13.0. The fraction of sp³-hybridized carbons (Fsp3) is 0.368. The smallest absolute Gasteiger partial charge is 0.321 e. The van der Waals surface area contributed by atoms with E-state index in [0.717, 1.165) is 12.1 Å². The lowest BCUT2D eigenvalue weighted by atomic mass is 9.93. The number of rotatable bonds is 2. The zero-order valence-corrected chi connectivity index (χ0v) is 15.8. The summed E-state index contributed by atoms with van der Waals surface area (Å²) in [5.41, 5.74) is 1.23. The minimum Gasteiger partial charge on any atom is -0.323 e. The first-order chi connectivity index (χ1) is 13.0. The van der Waals surface area contributed by atoms with E-state index in [1.807, 2.05) is 28.8 Å². The van der Waals surface area contributed by atoms with Gasteiger partial charge in [0, 0.05) is 30.7 Å². The van der Waals surface area contributed by atoms with Crippen molar-refractivity contribution in [3.8, 4) is 0 Å². The third kappa shape index (κ3) is 3.42. The lowest BCUT2D eigenvalue weighted by Crippen LogP contribution is -2.64. The zero-order chi connectivity index (χ0) is 19.0. The van der Waals surface area contributed by atoms with Gasteiger partial charge in [0.1, 0.15) is 5.82 Å². The van der Waals surface area contributed by atoms with Crippen molar-refractivity contribution in [2.24, 2.45) is 0 Å². The number of nitrogens with one attached hydrogen (secondary N) is 1. The van der Waals surface area contributed by atoms with Gasteiger partial charge in [-0.15, -0.1) is 0 Å². The number of benzene rings is 1. The summed E-state index contributed by atoms with van der Waals surface area (Å²) in [6.07, 6.45) is 0.800. The summed E-state index contributed by atoms with van der Waals surface area (Å²) in [6.45, 7) is 2.07. The molecule has 0 bridgehead atoms. The number of urea groups is 1. The van der Waals surface area contributed by atoms with Gasteiger partial charge in [0.15, 0.2) is 0 Å². The second kappa shape index (κ2) is 6.94. The fourth-order valence-electron chi connectivity index (χ4n) is 3.81. The van der Waals surface area contributed by atoms with Gasteiger partial charge in [-0.1, -0.05) is 0 Å². The van der Waals surface area contributed by atoms with Gasteiger partial charge in [0.05, 0.1) is 17.8 Å². The van der Waals surface area contributed by atoms with Crippen molar-refractivity contribution in [2.75, 3.05) is 43.4 Å². The maximum atomic E-state index is 13.0. The Morgan fingerprint density at radius 1 is 1.22 bits per heavy atom. The van der Waals surface area contributed by atoms with Crippen LogP contribution in [0.5, 0.6) is 0 Å². The normalized spacial score (nSPS) is 23.3. The quantitative estimate of drug-likeness (QED) is 0.861. The lowest BCUT2D eigenvalue weighted by Gasteiger charge is -2.46. The van der Waals surface area contributed by atoms with E-state index in [4.69, 9.17) is 0 Å². The summed E-state index contributed by atoms with van der Waals surface area (Å²) in [6, 6.07) is 7.48. The van der Waals surface area contributed by atoms with Gasteiger partial charge in [0.2, 0.25) is 5.91 Å². The standard InChI is InChI=1S/C19H21FN4O2S/c1-22-10-17(25)24(16-6-9-27-11-16)13-19(22)7-8-23(12-19)18(26)21-15-4-2-14(20)3-5-15/h2-6,9,11H,7-8,10,12-13H2,1H3,(H,21,26). The van der Waals surface area contributed by atoms with Gasteiger partial charge in [0.25, 0.3) is 0 Å². The van der Waals surface area contributed by atoms with Crippen molar-refractivity contribution in [3.63, 3.8) is 0 Å². The molecule has 2 fully saturated rings. The number of hydrogen-bond acceptors (Lipinski definition) is 4. The SMILES string of the molecule is CN1CC(=O)N(c2ccsc2)CC12CCN(C(=O)Nc1ccc(F)cc1)C2. The van der Waals surface area contributed by atoms with Gasteiger partial charge >= 0.3 is 6.03 Å². The Morgan fingerprint density at radius 3 is 2.70 bits per heavy atom. The number of carbonyl (C=O) groups is 2. The summed E-state index contributed by atoms with van der Waals surface area (Å²) in [4.78, 5) is 30.8. The second-order valence-electron chi connectivity index (χ2n) is 7.15. The second-order valence-corrected chi connectivity index (χ2v) is 7.93. The van der Waals surface area contributed by atoms with Gasteiger partial charge in [-0.25, -0.2) is 9.18 Å². The highest BCUT2D eigenvalue weighted by Gasteiger charge is 2.48. The van der Waals surface area contributed by atoms with Gasteiger partial charge in [-0.3, -0.25) is 9.69 Å². The van der Waals surface area contributed by atoms with Crippen molar-refractivity contribution in [1.29, 1.82) is 0 Å².